The Morgan fingerprint density at radius 3 is 2.50 bits per heavy atom. The molecule has 48 valence electrons. The second kappa shape index (κ2) is 3.53. The Morgan fingerprint density at radius 1 is 1.00 bits per heavy atom. The van der Waals surface area contributed by atoms with Gasteiger partial charge in [-0.2, -0.15) is 0 Å². The van der Waals surface area contributed by atoms with Crippen LogP contribution in [0.25, 0.3) is 0 Å². The Balaban J connectivity index is 2.86. The molecular formula is C10H8. The second-order valence-electron chi connectivity index (χ2n) is 1.90. The van der Waals surface area contributed by atoms with Gasteiger partial charge < -0.3 is 0 Å². The molecule has 0 heterocycles. The van der Waals surface area contributed by atoms with Crippen molar-refractivity contribution in [2.45, 2.75) is 0 Å². The van der Waals surface area contributed by atoms with Gasteiger partial charge in [0.2, 0.25) is 0 Å². The minimum Gasteiger partial charge on any atom is -0.115 e. The van der Waals surface area contributed by atoms with Gasteiger partial charge in [0.1, 0.15) is 0 Å². The monoisotopic (exact) mass is 128 g/mol. The first-order valence-electron chi connectivity index (χ1n) is 3.12. The van der Waals surface area contributed by atoms with Gasteiger partial charge in [-0.3, -0.25) is 0 Å². The fraction of sp³-hybridized carbons (Fsp3) is 0. The summed E-state index contributed by atoms with van der Waals surface area (Å²) in [6, 6.07) is 0. The Kier molecular flexibility index (Phi) is 2.34. The minimum atomic E-state index is 0.903. The summed E-state index contributed by atoms with van der Waals surface area (Å²) in [5, 5.41) is 0. The summed E-state index contributed by atoms with van der Waals surface area (Å²) in [5.74, 6) is 2.56. The van der Waals surface area contributed by atoms with Gasteiger partial charge in [0.05, 0.1) is 0 Å². The molecule has 0 aromatic heterocycles. The van der Waals surface area contributed by atoms with Crippen LogP contribution in [0.15, 0.2) is 48.1 Å². The van der Waals surface area contributed by atoms with Crippen LogP contribution in [-0.4, -0.2) is 0 Å². The van der Waals surface area contributed by atoms with Crippen molar-refractivity contribution in [3.63, 3.8) is 0 Å². The van der Waals surface area contributed by atoms with Crippen LogP contribution in [0.1, 0.15) is 0 Å². The molecule has 1 aliphatic rings. The molecule has 10 heavy (non-hydrogen) atoms. The highest BCUT2D eigenvalue weighted by molar-refractivity contribution is 5.41. The third-order valence-corrected chi connectivity index (χ3v) is 1.16. The van der Waals surface area contributed by atoms with Crippen LogP contribution < -0.4 is 0 Å². The van der Waals surface area contributed by atoms with Crippen LogP contribution in [0.5, 0.6) is 0 Å². The molecule has 0 nitrogen and oxygen atoms in total. The Bertz CT molecular complexity index is 254. The first kappa shape index (κ1) is 6.64. The van der Waals surface area contributed by atoms with E-state index in [9.17, 15) is 0 Å². The smallest absolute Gasteiger partial charge is 0.0242 e. The van der Waals surface area contributed by atoms with E-state index in [1.807, 2.05) is 42.5 Å². The lowest BCUT2D eigenvalue weighted by atomic mass is 10.2. The van der Waals surface area contributed by atoms with Gasteiger partial charge in [-0.05, 0) is 12.2 Å². The fourth-order valence-corrected chi connectivity index (χ4v) is 0.663. The lowest BCUT2D eigenvalue weighted by Gasteiger charge is -1.87. The summed E-state index contributed by atoms with van der Waals surface area (Å²) in [6.45, 7) is 0. The van der Waals surface area contributed by atoms with Gasteiger partial charge in [0.15, 0.2) is 0 Å². The molecule has 0 fully saturated rings. The SMILES string of the molecule is C#CC1=C/C=C\C=C/C=C\1. The summed E-state index contributed by atoms with van der Waals surface area (Å²) in [7, 11) is 0. The zero-order valence-electron chi connectivity index (χ0n) is 5.62. The van der Waals surface area contributed by atoms with Crippen molar-refractivity contribution in [2.24, 2.45) is 0 Å². The lowest BCUT2D eigenvalue weighted by Crippen LogP contribution is -1.70. The average molecular weight is 128 g/mol. The predicted molar refractivity (Wildman–Crippen MR) is 44.3 cm³/mol. The number of rotatable bonds is 0. The van der Waals surface area contributed by atoms with Crippen molar-refractivity contribution >= 4 is 0 Å². The molecule has 0 aliphatic heterocycles. The zero-order valence-corrected chi connectivity index (χ0v) is 5.62. The second-order valence-corrected chi connectivity index (χ2v) is 1.90. The third kappa shape index (κ3) is 1.80. The van der Waals surface area contributed by atoms with E-state index in [1.165, 1.54) is 0 Å². The molecule has 0 heteroatoms. The third-order valence-electron chi connectivity index (χ3n) is 1.16. The minimum absolute atomic E-state index is 0.903. The summed E-state index contributed by atoms with van der Waals surface area (Å²) < 4.78 is 0. The quantitative estimate of drug-likeness (QED) is 0.439. The molecule has 0 bridgehead atoms. The van der Waals surface area contributed by atoms with Crippen LogP contribution in [0.3, 0.4) is 0 Å². The van der Waals surface area contributed by atoms with Gasteiger partial charge in [0, 0.05) is 5.57 Å². The van der Waals surface area contributed by atoms with E-state index >= 15 is 0 Å². The van der Waals surface area contributed by atoms with Crippen LogP contribution >= 0.6 is 0 Å². The van der Waals surface area contributed by atoms with Gasteiger partial charge in [-0.1, -0.05) is 36.3 Å². The van der Waals surface area contributed by atoms with Gasteiger partial charge in [0.25, 0.3) is 0 Å². The molecule has 0 amide bonds. The first-order valence-corrected chi connectivity index (χ1v) is 3.12. The molecule has 0 saturated heterocycles. The van der Waals surface area contributed by atoms with Gasteiger partial charge >= 0.3 is 0 Å². The molecule has 0 unspecified atom stereocenters. The van der Waals surface area contributed by atoms with E-state index in [1.54, 1.807) is 0 Å². The topological polar surface area (TPSA) is 0 Å². The van der Waals surface area contributed by atoms with Crippen LogP contribution in [0.2, 0.25) is 0 Å². The normalized spacial score (nSPS) is 30.1. The highest BCUT2D eigenvalue weighted by Crippen LogP contribution is 1.98. The zero-order chi connectivity index (χ0) is 7.23. The Hall–Kier alpha value is -1.48. The lowest BCUT2D eigenvalue weighted by molar-refractivity contribution is 1.71. The predicted octanol–water partition coefficient (Wildman–Crippen LogP) is 2.23. The van der Waals surface area contributed by atoms with Gasteiger partial charge in [-0.15, -0.1) is 6.42 Å². The van der Waals surface area contributed by atoms with Crippen molar-refractivity contribution in [3.8, 4) is 12.3 Å². The molecule has 1 rings (SSSR count). The van der Waals surface area contributed by atoms with Crippen molar-refractivity contribution in [1.82, 2.24) is 0 Å². The van der Waals surface area contributed by atoms with Crippen molar-refractivity contribution < 1.29 is 0 Å². The summed E-state index contributed by atoms with van der Waals surface area (Å²) in [4.78, 5) is 0. The number of hydrogen-bond donors (Lipinski definition) is 0. The molecule has 0 aromatic carbocycles. The fourth-order valence-electron chi connectivity index (χ4n) is 0.663. The Labute approximate surface area is 61.3 Å². The van der Waals surface area contributed by atoms with E-state index in [-0.39, 0.29) is 0 Å². The summed E-state index contributed by atoms with van der Waals surface area (Å²) >= 11 is 0. The largest absolute Gasteiger partial charge is 0.115 e. The van der Waals surface area contributed by atoms with Crippen LogP contribution in [0.4, 0.5) is 0 Å². The average Bonchev–Trinajstić information content (AvgIpc) is 1.87. The maximum atomic E-state index is 5.20. The Morgan fingerprint density at radius 2 is 1.70 bits per heavy atom. The van der Waals surface area contributed by atoms with Crippen molar-refractivity contribution in [3.05, 3.63) is 48.1 Å². The number of hydrogen-bond acceptors (Lipinski definition) is 0. The molecule has 0 N–H and O–H groups in total. The van der Waals surface area contributed by atoms with Gasteiger partial charge in [-0.25, -0.2) is 0 Å². The molecule has 0 atom stereocenters. The van der Waals surface area contributed by atoms with Crippen molar-refractivity contribution in [2.75, 3.05) is 0 Å². The van der Waals surface area contributed by atoms with Crippen LogP contribution in [0, 0.1) is 12.3 Å². The summed E-state index contributed by atoms with van der Waals surface area (Å²) in [6.07, 6.45) is 18.7. The van der Waals surface area contributed by atoms with E-state index in [2.05, 4.69) is 5.92 Å². The summed E-state index contributed by atoms with van der Waals surface area (Å²) in [5.41, 5.74) is 0.903. The van der Waals surface area contributed by atoms with E-state index in [0.29, 0.717) is 0 Å². The molecule has 0 saturated carbocycles. The maximum absolute atomic E-state index is 5.20. The molecule has 0 spiro atoms. The highest BCUT2D eigenvalue weighted by atomic mass is 13.9. The number of allylic oxidation sites excluding steroid dienone is 8. The number of terminal acetylenes is 1. The molecule has 1 aliphatic carbocycles. The standard InChI is InChI=1S/C10H8/c1-2-10-8-6-4-3-5-7-9-10/h1,3-9H/b4-3-,5-3?,6-4?,7-5-,8-6-,9-7?,10-8?,10-9-. The molecule has 0 radical (unpaired) electrons. The van der Waals surface area contributed by atoms with E-state index in [4.69, 9.17) is 6.42 Å². The molecular weight excluding hydrogens is 120 g/mol. The van der Waals surface area contributed by atoms with Crippen molar-refractivity contribution in [1.29, 1.82) is 0 Å². The first-order chi connectivity index (χ1) is 4.93. The van der Waals surface area contributed by atoms with E-state index in [0.717, 1.165) is 5.57 Å². The maximum Gasteiger partial charge on any atom is 0.0242 e. The van der Waals surface area contributed by atoms with E-state index < -0.39 is 0 Å². The van der Waals surface area contributed by atoms with Crippen LogP contribution in [-0.2, 0) is 0 Å². The highest BCUT2D eigenvalue weighted by Gasteiger charge is 1.81. The molecule has 0 aromatic rings.